The molecule has 16 heavy (non-hydrogen) atoms. The molecule has 1 amide bonds. The van der Waals surface area contributed by atoms with Crippen LogP contribution >= 0.6 is 0 Å². The number of ether oxygens (including phenoxy) is 1. The fourth-order valence-corrected chi connectivity index (χ4v) is 1.89. The molecule has 1 heterocycles. The Morgan fingerprint density at radius 1 is 1.38 bits per heavy atom. The molecule has 4 heteroatoms. The van der Waals surface area contributed by atoms with Gasteiger partial charge in [-0.15, -0.1) is 0 Å². The lowest BCUT2D eigenvalue weighted by Gasteiger charge is -2.34. The zero-order chi connectivity index (χ0) is 12.3. The van der Waals surface area contributed by atoms with Crippen LogP contribution < -0.4 is 0 Å². The van der Waals surface area contributed by atoms with E-state index >= 15 is 0 Å². The number of nitrogens with zero attached hydrogens (tertiary/aromatic N) is 1. The van der Waals surface area contributed by atoms with Gasteiger partial charge in [0.2, 0.25) is 0 Å². The Balaban J connectivity index is 2.39. The first-order valence-electron chi connectivity index (χ1n) is 5.95. The predicted octanol–water partition coefficient (Wildman–Crippen LogP) is 2.01. The first-order chi connectivity index (χ1) is 7.29. The first kappa shape index (κ1) is 13.3. The van der Waals surface area contributed by atoms with E-state index in [2.05, 4.69) is 0 Å². The first-order valence-corrected chi connectivity index (χ1v) is 5.95. The molecule has 0 aromatic rings. The number of aliphatic hydroxyl groups is 1. The summed E-state index contributed by atoms with van der Waals surface area (Å²) in [5.41, 5.74) is -0.432. The van der Waals surface area contributed by atoms with Crippen LogP contribution in [0.2, 0.25) is 0 Å². The average Bonchev–Trinajstić information content (AvgIpc) is 2.15. The topological polar surface area (TPSA) is 49.8 Å². The minimum absolute atomic E-state index is 0.239. The molecule has 1 fully saturated rings. The molecule has 94 valence electrons. The van der Waals surface area contributed by atoms with Crippen LogP contribution in [0.4, 0.5) is 4.79 Å². The second kappa shape index (κ2) is 5.04. The highest BCUT2D eigenvalue weighted by atomic mass is 16.6. The molecule has 0 unspecified atom stereocenters. The molecular formula is C12H23NO3. The summed E-state index contributed by atoms with van der Waals surface area (Å²) in [5.74, 6) is 0.318. The largest absolute Gasteiger partial charge is 0.444 e. The number of hydrogen-bond donors (Lipinski definition) is 1. The van der Waals surface area contributed by atoms with Crippen LogP contribution in [0.3, 0.4) is 0 Å². The summed E-state index contributed by atoms with van der Waals surface area (Å²) < 4.78 is 5.30. The Morgan fingerprint density at radius 2 is 1.88 bits per heavy atom. The van der Waals surface area contributed by atoms with Crippen molar-refractivity contribution in [2.75, 3.05) is 13.1 Å². The van der Waals surface area contributed by atoms with Crippen LogP contribution in [0.15, 0.2) is 0 Å². The fourth-order valence-electron chi connectivity index (χ4n) is 1.89. The normalized spacial score (nSPS) is 20.7. The van der Waals surface area contributed by atoms with Gasteiger partial charge in [-0.25, -0.2) is 4.79 Å². The molecular weight excluding hydrogens is 206 g/mol. The van der Waals surface area contributed by atoms with E-state index in [0.717, 1.165) is 12.8 Å². The van der Waals surface area contributed by atoms with Crippen molar-refractivity contribution in [2.45, 2.75) is 52.2 Å². The Hall–Kier alpha value is -0.770. The lowest BCUT2D eigenvalue weighted by atomic mass is 9.92. The van der Waals surface area contributed by atoms with E-state index in [1.54, 1.807) is 4.90 Å². The standard InChI is InChI=1S/C12H23NO3/c1-9(14)10-5-7-13(8-6-10)11(15)16-12(2,3)4/h9-10,14H,5-8H2,1-4H3/t9-/m1/s1. The molecule has 0 bridgehead atoms. The van der Waals surface area contributed by atoms with E-state index < -0.39 is 5.60 Å². The molecule has 0 aromatic carbocycles. The fraction of sp³-hybridized carbons (Fsp3) is 0.917. The van der Waals surface area contributed by atoms with Crippen molar-refractivity contribution < 1.29 is 14.6 Å². The van der Waals surface area contributed by atoms with Crippen molar-refractivity contribution >= 4 is 6.09 Å². The van der Waals surface area contributed by atoms with Crippen molar-refractivity contribution in [1.82, 2.24) is 4.90 Å². The number of carbonyl (C=O) groups is 1. The van der Waals surface area contributed by atoms with Gasteiger partial charge in [-0.1, -0.05) is 0 Å². The van der Waals surface area contributed by atoms with Crippen LogP contribution in [0, 0.1) is 5.92 Å². The monoisotopic (exact) mass is 229 g/mol. The van der Waals surface area contributed by atoms with E-state index in [-0.39, 0.29) is 12.2 Å². The molecule has 1 rings (SSSR count). The van der Waals surface area contributed by atoms with Crippen molar-refractivity contribution in [2.24, 2.45) is 5.92 Å². The molecule has 0 saturated carbocycles. The third-order valence-electron chi connectivity index (χ3n) is 2.87. The van der Waals surface area contributed by atoms with E-state index in [1.165, 1.54) is 0 Å². The predicted molar refractivity (Wildman–Crippen MR) is 62.2 cm³/mol. The summed E-state index contributed by atoms with van der Waals surface area (Å²) in [6.45, 7) is 8.79. The molecule has 0 aromatic heterocycles. The molecule has 1 aliphatic rings. The molecule has 0 spiro atoms. The van der Waals surface area contributed by atoms with Gasteiger partial charge in [-0.05, 0) is 46.5 Å². The summed E-state index contributed by atoms with van der Waals surface area (Å²) in [6, 6.07) is 0. The minimum atomic E-state index is -0.432. The number of hydrogen-bond acceptors (Lipinski definition) is 3. The van der Waals surface area contributed by atoms with Gasteiger partial charge < -0.3 is 14.7 Å². The Morgan fingerprint density at radius 3 is 2.25 bits per heavy atom. The zero-order valence-corrected chi connectivity index (χ0v) is 10.7. The van der Waals surface area contributed by atoms with Crippen LogP contribution in [0.1, 0.15) is 40.5 Å². The SMILES string of the molecule is C[C@@H](O)C1CCN(C(=O)OC(C)(C)C)CC1. The van der Waals surface area contributed by atoms with Crippen LogP contribution in [-0.4, -0.2) is 40.9 Å². The van der Waals surface area contributed by atoms with Crippen molar-refractivity contribution in [3.8, 4) is 0 Å². The second-order valence-corrected chi connectivity index (χ2v) is 5.55. The Kier molecular flexibility index (Phi) is 4.19. The lowest BCUT2D eigenvalue weighted by molar-refractivity contribution is 0.00996. The van der Waals surface area contributed by atoms with E-state index in [1.807, 2.05) is 27.7 Å². The van der Waals surface area contributed by atoms with Crippen molar-refractivity contribution in [3.05, 3.63) is 0 Å². The van der Waals surface area contributed by atoms with Gasteiger partial charge in [-0.3, -0.25) is 0 Å². The maximum Gasteiger partial charge on any atom is 0.410 e. The lowest BCUT2D eigenvalue weighted by Crippen LogP contribution is -2.43. The van der Waals surface area contributed by atoms with Gasteiger partial charge in [0.25, 0.3) is 0 Å². The van der Waals surface area contributed by atoms with Crippen LogP contribution in [-0.2, 0) is 4.74 Å². The highest BCUT2D eigenvalue weighted by Gasteiger charge is 2.28. The van der Waals surface area contributed by atoms with Gasteiger partial charge >= 0.3 is 6.09 Å². The summed E-state index contributed by atoms with van der Waals surface area (Å²) >= 11 is 0. The molecule has 4 nitrogen and oxygen atoms in total. The van der Waals surface area contributed by atoms with Gasteiger partial charge in [0.1, 0.15) is 5.60 Å². The molecule has 1 N–H and O–H groups in total. The molecule has 0 radical (unpaired) electrons. The van der Waals surface area contributed by atoms with E-state index in [9.17, 15) is 9.90 Å². The highest BCUT2D eigenvalue weighted by molar-refractivity contribution is 5.68. The average molecular weight is 229 g/mol. The van der Waals surface area contributed by atoms with Crippen molar-refractivity contribution in [1.29, 1.82) is 0 Å². The molecule has 0 aliphatic carbocycles. The summed E-state index contributed by atoms with van der Waals surface area (Å²) in [6.07, 6.45) is 1.20. The van der Waals surface area contributed by atoms with E-state index in [4.69, 9.17) is 4.74 Å². The summed E-state index contributed by atoms with van der Waals surface area (Å²) in [5, 5.41) is 9.45. The van der Waals surface area contributed by atoms with Crippen LogP contribution in [0.5, 0.6) is 0 Å². The van der Waals surface area contributed by atoms with Gasteiger partial charge in [-0.2, -0.15) is 0 Å². The summed E-state index contributed by atoms with van der Waals surface area (Å²) in [7, 11) is 0. The molecule has 1 atom stereocenters. The van der Waals surface area contributed by atoms with Gasteiger partial charge in [0, 0.05) is 13.1 Å². The highest BCUT2D eigenvalue weighted by Crippen LogP contribution is 2.22. The number of carbonyl (C=O) groups excluding carboxylic acids is 1. The van der Waals surface area contributed by atoms with Crippen molar-refractivity contribution in [3.63, 3.8) is 0 Å². The minimum Gasteiger partial charge on any atom is -0.444 e. The van der Waals surface area contributed by atoms with E-state index in [0.29, 0.717) is 19.0 Å². The number of rotatable bonds is 1. The molecule has 1 aliphatic heterocycles. The Labute approximate surface area is 97.6 Å². The number of likely N-dealkylation sites (tertiary alicyclic amines) is 1. The second-order valence-electron chi connectivity index (χ2n) is 5.55. The summed E-state index contributed by atoms with van der Waals surface area (Å²) in [4.78, 5) is 13.5. The Bertz CT molecular complexity index is 237. The number of aliphatic hydroxyl groups excluding tert-OH is 1. The van der Waals surface area contributed by atoms with Gasteiger partial charge in [0.05, 0.1) is 6.10 Å². The number of amides is 1. The number of piperidine rings is 1. The maximum atomic E-state index is 11.7. The molecule has 1 saturated heterocycles. The zero-order valence-electron chi connectivity index (χ0n) is 10.7. The maximum absolute atomic E-state index is 11.7. The quantitative estimate of drug-likeness (QED) is 0.748. The van der Waals surface area contributed by atoms with Gasteiger partial charge in [0.15, 0.2) is 0 Å². The van der Waals surface area contributed by atoms with Crippen LogP contribution in [0.25, 0.3) is 0 Å². The smallest absolute Gasteiger partial charge is 0.410 e. The third-order valence-corrected chi connectivity index (χ3v) is 2.87. The third kappa shape index (κ3) is 4.00.